The molecular weight excluding hydrogens is 566 g/mol. The zero-order valence-corrected chi connectivity index (χ0v) is 30.3. The minimum absolute atomic E-state index is 0.106. The van der Waals surface area contributed by atoms with Gasteiger partial charge in [0.2, 0.25) is 5.91 Å². The number of aliphatic hydroxyl groups is 2. The van der Waals surface area contributed by atoms with E-state index in [-0.39, 0.29) is 12.5 Å². The van der Waals surface area contributed by atoms with Gasteiger partial charge in [-0.25, -0.2) is 0 Å². The topological polar surface area (TPSA) is 69.6 Å². The molecule has 0 rings (SSSR count). The number of nitrogens with one attached hydrogen (secondary N) is 1. The van der Waals surface area contributed by atoms with Gasteiger partial charge in [0.1, 0.15) is 0 Å². The van der Waals surface area contributed by atoms with Crippen molar-refractivity contribution in [2.45, 2.75) is 193 Å². The van der Waals surface area contributed by atoms with E-state index in [1.165, 1.54) is 96.3 Å². The summed E-state index contributed by atoms with van der Waals surface area (Å²) in [5.74, 6) is -0.106. The molecule has 0 saturated carbocycles. The molecule has 1 amide bonds. The molecule has 266 valence electrons. The molecule has 0 fully saturated rings. The number of hydrogen-bond donors (Lipinski definition) is 3. The summed E-state index contributed by atoms with van der Waals surface area (Å²) in [5, 5.41) is 22.9. The molecule has 0 aromatic rings. The molecular formula is C42H75NO3. The number of allylic oxidation sites excluding steroid dienone is 9. The summed E-state index contributed by atoms with van der Waals surface area (Å²) in [6.45, 7) is 4.16. The summed E-state index contributed by atoms with van der Waals surface area (Å²) in [5.41, 5.74) is 0. The van der Waals surface area contributed by atoms with Crippen LogP contribution in [0.2, 0.25) is 0 Å². The highest BCUT2D eigenvalue weighted by Gasteiger charge is 2.17. The fourth-order valence-electron chi connectivity index (χ4n) is 5.50. The van der Waals surface area contributed by atoms with Crippen molar-refractivity contribution in [1.82, 2.24) is 5.32 Å². The molecule has 0 aliphatic heterocycles. The predicted molar refractivity (Wildman–Crippen MR) is 202 cm³/mol. The maximum atomic E-state index is 12.3. The Morgan fingerprint density at radius 3 is 1.52 bits per heavy atom. The first-order valence-corrected chi connectivity index (χ1v) is 19.5. The summed E-state index contributed by atoms with van der Waals surface area (Å²) in [6.07, 6.45) is 51.8. The molecule has 4 heteroatoms. The zero-order chi connectivity index (χ0) is 33.6. The summed E-state index contributed by atoms with van der Waals surface area (Å²) in [6, 6.07) is -0.655. The summed E-state index contributed by atoms with van der Waals surface area (Å²) < 4.78 is 0. The second-order valence-electron chi connectivity index (χ2n) is 13.0. The van der Waals surface area contributed by atoms with Crippen LogP contribution < -0.4 is 5.32 Å². The molecule has 0 saturated heterocycles. The first-order chi connectivity index (χ1) is 22.7. The van der Waals surface area contributed by atoms with E-state index in [9.17, 15) is 15.0 Å². The van der Waals surface area contributed by atoms with Crippen LogP contribution in [0.3, 0.4) is 0 Å². The molecule has 0 aromatic heterocycles. The van der Waals surface area contributed by atoms with Crippen molar-refractivity contribution in [2.24, 2.45) is 0 Å². The predicted octanol–water partition coefficient (Wildman–Crippen LogP) is 11.8. The Balaban J connectivity index is 3.68. The van der Waals surface area contributed by atoms with Gasteiger partial charge in [0.15, 0.2) is 0 Å². The van der Waals surface area contributed by atoms with Gasteiger partial charge in [-0.3, -0.25) is 4.79 Å². The van der Waals surface area contributed by atoms with Crippen LogP contribution in [0, 0.1) is 0 Å². The average Bonchev–Trinajstić information content (AvgIpc) is 3.06. The first kappa shape index (κ1) is 44.1. The summed E-state index contributed by atoms with van der Waals surface area (Å²) in [4.78, 5) is 12.3. The molecule has 0 bridgehead atoms. The van der Waals surface area contributed by atoms with Gasteiger partial charge in [-0.15, -0.1) is 0 Å². The second kappa shape index (κ2) is 37.5. The van der Waals surface area contributed by atoms with Crippen molar-refractivity contribution in [3.05, 3.63) is 60.8 Å². The van der Waals surface area contributed by atoms with Crippen LogP contribution >= 0.6 is 0 Å². The second-order valence-corrected chi connectivity index (χ2v) is 13.0. The van der Waals surface area contributed by atoms with Crippen LogP contribution in [-0.4, -0.2) is 34.9 Å². The minimum atomic E-state index is -0.875. The monoisotopic (exact) mass is 642 g/mol. The Kier molecular flexibility index (Phi) is 36.0. The van der Waals surface area contributed by atoms with E-state index in [0.29, 0.717) is 6.42 Å². The van der Waals surface area contributed by atoms with E-state index in [2.05, 4.69) is 67.8 Å². The van der Waals surface area contributed by atoms with Crippen molar-refractivity contribution >= 4 is 5.91 Å². The highest BCUT2D eigenvalue weighted by molar-refractivity contribution is 5.76. The van der Waals surface area contributed by atoms with Crippen LogP contribution in [0.4, 0.5) is 0 Å². The van der Waals surface area contributed by atoms with E-state index in [1.807, 2.05) is 6.08 Å². The minimum Gasteiger partial charge on any atom is -0.394 e. The molecule has 0 heterocycles. The molecule has 0 aliphatic carbocycles. The number of unbranched alkanes of at least 4 members (excludes halogenated alkanes) is 19. The lowest BCUT2D eigenvalue weighted by Gasteiger charge is -2.19. The Bertz CT molecular complexity index is 782. The number of rotatable bonds is 34. The summed E-state index contributed by atoms with van der Waals surface area (Å²) >= 11 is 0. The van der Waals surface area contributed by atoms with Gasteiger partial charge in [0, 0.05) is 6.42 Å². The van der Waals surface area contributed by atoms with Crippen LogP contribution in [0.5, 0.6) is 0 Å². The molecule has 0 aliphatic rings. The van der Waals surface area contributed by atoms with Gasteiger partial charge in [-0.05, 0) is 64.2 Å². The third-order valence-electron chi connectivity index (χ3n) is 8.48. The lowest BCUT2D eigenvalue weighted by molar-refractivity contribution is -0.123. The maximum absolute atomic E-state index is 12.3. The van der Waals surface area contributed by atoms with Gasteiger partial charge in [-0.1, -0.05) is 171 Å². The summed E-state index contributed by atoms with van der Waals surface area (Å²) in [7, 11) is 0. The molecule has 4 nitrogen and oxygen atoms in total. The van der Waals surface area contributed by atoms with Crippen molar-refractivity contribution < 1.29 is 15.0 Å². The zero-order valence-electron chi connectivity index (χ0n) is 30.3. The first-order valence-electron chi connectivity index (χ1n) is 19.5. The largest absolute Gasteiger partial charge is 0.394 e. The normalized spacial score (nSPS) is 13.7. The van der Waals surface area contributed by atoms with Crippen LogP contribution in [0.25, 0.3) is 0 Å². The van der Waals surface area contributed by atoms with Crippen LogP contribution in [0.1, 0.15) is 181 Å². The average molecular weight is 642 g/mol. The van der Waals surface area contributed by atoms with Crippen molar-refractivity contribution in [3.8, 4) is 0 Å². The van der Waals surface area contributed by atoms with Crippen LogP contribution in [0.15, 0.2) is 60.8 Å². The van der Waals surface area contributed by atoms with Gasteiger partial charge in [0.05, 0.1) is 18.8 Å². The Hall–Kier alpha value is -1.91. The number of carbonyl (C=O) groups is 1. The van der Waals surface area contributed by atoms with E-state index >= 15 is 0 Å². The Labute approximate surface area is 286 Å². The number of amides is 1. The van der Waals surface area contributed by atoms with Crippen molar-refractivity contribution in [2.75, 3.05) is 6.61 Å². The standard InChI is InChI=1S/C42H75NO3/c1-3-5-7-9-11-13-15-17-18-19-20-21-22-23-24-26-27-29-31-33-35-37-41(45)40(39-44)43-42(46)38-36-34-32-30-28-25-16-14-12-10-8-6-4-2/h6,8,12,14,25,27-29,35,37,40-41,44-45H,3-5,7,9-11,13,15-24,26,30-34,36,38-39H2,1-2H3,(H,43,46)/b8-6-,14-12-,28-25-,29-27+,37-35+. The maximum Gasteiger partial charge on any atom is 0.220 e. The fourth-order valence-corrected chi connectivity index (χ4v) is 5.50. The number of aliphatic hydroxyl groups excluding tert-OH is 2. The quantitative estimate of drug-likeness (QED) is 0.0483. The smallest absolute Gasteiger partial charge is 0.220 e. The Morgan fingerprint density at radius 1 is 0.543 bits per heavy atom. The van der Waals surface area contributed by atoms with E-state index in [1.54, 1.807) is 6.08 Å². The van der Waals surface area contributed by atoms with E-state index in [0.717, 1.165) is 64.2 Å². The van der Waals surface area contributed by atoms with Gasteiger partial charge in [-0.2, -0.15) is 0 Å². The fraction of sp³-hybridized carbons (Fsp3) is 0.738. The van der Waals surface area contributed by atoms with Crippen molar-refractivity contribution in [1.29, 1.82) is 0 Å². The van der Waals surface area contributed by atoms with E-state index < -0.39 is 12.1 Å². The third kappa shape index (κ3) is 33.5. The lowest BCUT2D eigenvalue weighted by Crippen LogP contribution is -2.45. The molecule has 2 unspecified atom stereocenters. The lowest BCUT2D eigenvalue weighted by atomic mass is 10.0. The van der Waals surface area contributed by atoms with Gasteiger partial charge in [0.25, 0.3) is 0 Å². The highest BCUT2D eigenvalue weighted by Crippen LogP contribution is 2.14. The van der Waals surface area contributed by atoms with Crippen molar-refractivity contribution in [3.63, 3.8) is 0 Å². The third-order valence-corrected chi connectivity index (χ3v) is 8.48. The van der Waals surface area contributed by atoms with Crippen LogP contribution in [-0.2, 0) is 4.79 Å². The highest BCUT2D eigenvalue weighted by atomic mass is 16.3. The SMILES string of the molecule is CC/C=C\C/C=C\C/C=C\CCCCCC(=O)NC(CO)C(O)/C=C/CC/C=C/CCCCCCCCCCCCCCCCC. The molecule has 46 heavy (non-hydrogen) atoms. The molecule has 3 N–H and O–H groups in total. The number of hydrogen-bond acceptors (Lipinski definition) is 3. The molecule has 0 spiro atoms. The molecule has 2 atom stereocenters. The molecule has 0 radical (unpaired) electrons. The number of carbonyl (C=O) groups excluding carboxylic acids is 1. The molecule has 0 aromatic carbocycles. The van der Waals surface area contributed by atoms with Gasteiger partial charge >= 0.3 is 0 Å². The van der Waals surface area contributed by atoms with Gasteiger partial charge < -0.3 is 15.5 Å². The Morgan fingerprint density at radius 2 is 0.978 bits per heavy atom. The van der Waals surface area contributed by atoms with E-state index in [4.69, 9.17) is 0 Å².